The number of hydrogen-bond donors (Lipinski definition) is 4. The molecule has 0 saturated heterocycles. The highest BCUT2D eigenvalue weighted by Crippen LogP contribution is 2.38. The molecule has 0 atom stereocenters. The Morgan fingerprint density at radius 3 is 1.14 bits per heavy atom. The highest BCUT2D eigenvalue weighted by atomic mass is 19.1. The summed E-state index contributed by atoms with van der Waals surface area (Å²) in [4.78, 5) is 43.4. The van der Waals surface area contributed by atoms with Gasteiger partial charge < -0.3 is 22.9 Å². The molecule has 0 radical (unpaired) electrons. The summed E-state index contributed by atoms with van der Waals surface area (Å²) in [5.74, 6) is -0.517. The molecule has 0 unspecified atom stereocenters. The van der Waals surface area contributed by atoms with Crippen molar-refractivity contribution in [2.45, 2.75) is 41.5 Å². The smallest absolute Gasteiger partial charge is 0.240 e. The first-order valence-corrected chi connectivity index (χ1v) is 38.5. The molecule has 0 saturated carbocycles. The Hall–Kier alpha value is -16.8. The summed E-state index contributed by atoms with van der Waals surface area (Å²) in [5.41, 5.74) is 43.8. The van der Waals surface area contributed by atoms with Crippen LogP contribution in [0.4, 0.5) is 41.4 Å². The maximum absolute atomic E-state index is 14.4. The van der Waals surface area contributed by atoms with Crippen molar-refractivity contribution in [1.82, 2.24) is 101 Å². The fourth-order valence-corrected chi connectivity index (χ4v) is 13.8. The van der Waals surface area contributed by atoms with Gasteiger partial charge in [-0.25, -0.2) is 42.5 Å². The molecule has 20 aromatic rings. The molecule has 0 aliphatic rings. The predicted molar refractivity (Wildman–Crippen MR) is 478 cm³/mol. The molecule has 0 spiro atoms. The highest BCUT2D eigenvalue weighted by Gasteiger charge is 2.22. The molecule has 8 N–H and O–H groups in total. The maximum Gasteiger partial charge on any atom is 0.240 e. The molecule has 24 nitrogen and oxygen atoms in total. The number of fused-ring (bicyclic) bond motifs is 5. The van der Waals surface area contributed by atoms with Gasteiger partial charge in [0, 0.05) is 114 Å². The van der Waals surface area contributed by atoms with Crippen molar-refractivity contribution < 1.29 is 17.6 Å². The van der Waals surface area contributed by atoms with Crippen molar-refractivity contribution in [3.8, 4) is 113 Å². The van der Waals surface area contributed by atoms with Crippen LogP contribution >= 0.6 is 0 Å². The van der Waals surface area contributed by atoms with Crippen LogP contribution in [0.15, 0.2) is 292 Å². The lowest BCUT2D eigenvalue weighted by atomic mass is 10.00. The number of nitrogens with zero attached hydrogens (tertiary/aromatic N) is 20. The number of nitrogen functional groups attached to an aromatic ring is 4. The number of hydrogen-bond acceptors (Lipinski definition) is 24. The van der Waals surface area contributed by atoms with E-state index in [-0.39, 0.29) is 48.7 Å². The van der Waals surface area contributed by atoms with E-state index in [9.17, 15) is 17.6 Å². The van der Waals surface area contributed by atoms with Crippen LogP contribution in [0, 0.1) is 44.0 Å². The van der Waals surface area contributed by atoms with Gasteiger partial charge in [-0.1, -0.05) is 124 Å². The number of aromatic nitrogens is 20. The van der Waals surface area contributed by atoms with E-state index in [0.717, 1.165) is 111 Å². The Morgan fingerprint density at radius 1 is 0.266 bits per heavy atom. The average Bonchev–Trinajstić information content (AvgIpc) is 0.797. The van der Waals surface area contributed by atoms with Crippen molar-refractivity contribution in [2.75, 3.05) is 22.9 Å². The van der Waals surface area contributed by atoms with E-state index < -0.39 is 5.82 Å². The van der Waals surface area contributed by atoms with Crippen LogP contribution in [0.25, 0.3) is 167 Å². The summed E-state index contributed by atoms with van der Waals surface area (Å²) in [6, 6.07) is 78.3. The van der Waals surface area contributed by atoms with Gasteiger partial charge in [-0.15, -0.1) is 51.0 Å². The maximum atomic E-state index is 14.4. The molecule has 0 fully saturated rings. The van der Waals surface area contributed by atoms with Gasteiger partial charge in [-0.05, 0) is 196 Å². The molecule has 0 bridgehead atoms. The van der Waals surface area contributed by atoms with E-state index in [0.29, 0.717) is 79.1 Å². The Morgan fingerprint density at radius 2 is 0.637 bits per heavy atom. The predicted octanol–water partition coefficient (Wildman–Crippen LogP) is 19.8. The Bertz CT molecular complexity index is 7290. The van der Waals surface area contributed by atoms with Crippen LogP contribution in [-0.4, -0.2) is 101 Å². The van der Waals surface area contributed by atoms with Crippen molar-refractivity contribution >= 4 is 78.3 Å². The minimum Gasteiger partial charge on any atom is -0.366 e. The first kappa shape index (κ1) is 82.3. The Balaban J connectivity index is 0.000000120. The van der Waals surface area contributed by atoms with Crippen LogP contribution in [-0.2, 0) is 6.42 Å². The number of nitrogens with two attached hydrogens (primary N) is 4. The van der Waals surface area contributed by atoms with Crippen LogP contribution in [0.1, 0.15) is 36.9 Å². The molecule has 0 aliphatic heterocycles. The molecule has 606 valence electrons. The number of anilines is 4. The molecule has 28 heteroatoms. The van der Waals surface area contributed by atoms with Crippen molar-refractivity contribution in [3.05, 3.63) is 338 Å². The van der Waals surface area contributed by atoms with Gasteiger partial charge in [-0.3, -0.25) is 24.9 Å². The van der Waals surface area contributed by atoms with Crippen LogP contribution < -0.4 is 22.9 Å². The monoisotopic (exact) mass is 1640 g/mol. The summed E-state index contributed by atoms with van der Waals surface area (Å²) < 4.78 is 55.2. The summed E-state index contributed by atoms with van der Waals surface area (Å²) in [6.45, 7) is 7.96. The van der Waals surface area contributed by atoms with E-state index in [1.165, 1.54) is 42.0 Å². The van der Waals surface area contributed by atoms with Crippen molar-refractivity contribution in [1.29, 1.82) is 0 Å². The minimum absolute atomic E-state index is 0. The third-order valence-electron chi connectivity index (χ3n) is 19.8. The summed E-state index contributed by atoms with van der Waals surface area (Å²) in [6.07, 6.45) is 9.65. The minimum atomic E-state index is -0.416. The highest BCUT2D eigenvalue weighted by molar-refractivity contribution is 5.94. The van der Waals surface area contributed by atoms with Gasteiger partial charge in [0.2, 0.25) is 23.8 Å². The molecule has 20 rings (SSSR count). The molecule has 0 amide bonds. The fourth-order valence-electron chi connectivity index (χ4n) is 13.8. The van der Waals surface area contributed by atoms with Crippen molar-refractivity contribution in [3.63, 3.8) is 0 Å². The zero-order valence-corrected chi connectivity index (χ0v) is 66.2. The SMILES string of the molecule is C.CCc1ccnc2ccc(-c3nnc(C)nc3-c3ccc(F)cc3)cc12.Cc1ccnc2ccc(-c3nnc(N)nc3-c3ccc(F)cc3)cc12.Cc1ccnc2ccc(-c3nnc(N)nc3-c3ccccc3F)cc12.Nc1nnc(-c2cc(F)c3ncccc3c2)c(-c2ccccc2)n1.Nc1nnc(-c2ccc3ncccc3c2)c(-c2ccccc2)n1. The molecular weight excluding hydrogens is 1570 g/mol. The number of rotatable bonds is 11. The van der Waals surface area contributed by atoms with E-state index >= 15 is 0 Å². The molecular formula is C96H74F4N24. The third kappa shape index (κ3) is 18.4. The van der Waals surface area contributed by atoms with Crippen LogP contribution in [0.3, 0.4) is 0 Å². The standard InChI is InChI=1S/C21H17FN4.2C19H14FN5.C18H12FN5.C18H13N5.CH4/c1-3-14-10-11-23-19-9-6-16(12-18(14)19)21-20(24-13(2)25-26-21)15-4-7-17(22)8-5-15;1-11-8-9-22-16-7-4-13(10-15(11)16)18-17(23-19(21)25-24-18)12-2-5-14(20)6-3-12;1-11-8-9-22-16-7-6-12(10-14(11)16)17-18(23-19(21)25-24-17)13-4-2-3-5-15(13)20;19-14-10-13(9-12-7-4-8-21-15(12)14)17-16(22-18(20)24-23-17)11-5-2-1-3-6-11;19-18-21-16(12-5-2-1-3-6-12)17(22-23-18)14-8-9-15-13(11-14)7-4-10-20-15;/h4-12H,3H2,1-2H3;2*2-10H,1H3,(H2,21,23,25);1-10H,(H2,20,22,24);1-11H,(H2,19,21,23);1H4. The van der Waals surface area contributed by atoms with Gasteiger partial charge in [0.1, 0.15) is 91.5 Å². The van der Waals surface area contributed by atoms with Gasteiger partial charge in [0.15, 0.2) is 0 Å². The van der Waals surface area contributed by atoms with E-state index in [1.54, 1.807) is 86.3 Å². The Labute approximate surface area is 707 Å². The molecule has 0 aliphatic carbocycles. The van der Waals surface area contributed by atoms with E-state index in [1.807, 2.05) is 184 Å². The number of aryl methyl sites for hydroxylation is 4. The number of benzene rings is 10. The summed E-state index contributed by atoms with van der Waals surface area (Å²) in [7, 11) is 0. The van der Waals surface area contributed by atoms with Crippen LogP contribution in [0.5, 0.6) is 0 Å². The number of halogens is 4. The van der Waals surface area contributed by atoms with Gasteiger partial charge in [0.05, 0.1) is 22.1 Å². The Kier molecular flexibility index (Phi) is 24.6. The largest absolute Gasteiger partial charge is 0.366 e. The molecule has 124 heavy (non-hydrogen) atoms. The summed E-state index contributed by atoms with van der Waals surface area (Å²) in [5, 5.41) is 45.7. The topological polar surface area (TPSA) is 362 Å². The summed E-state index contributed by atoms with van der Waals surface area (Å²) >= 11 is 0. The zero-order valence-electron chi connectivity index (χ0n) is 66.2. The lowest BCUT2D eigenvalue weighted by Gasteiger charge is -2.10. The lowest BCUT2D eigenvalue weighted by Crippen LogP contribution is -2.03. The first-order chi connectivity index (χ1) is 59.9. The van der Waals surface area contributed by atoms with Crippen LogP contribution in [0.2, 0.25) is 0 Å². The van der Waals surface area contributed by atoms with Gasteiger partial charge in [-0.2, -0.15) is 0 Å². The molecule has 10 aromatic carbocycles. The lowest BCUT2D eigenvalue weighted by molar-refractivity contribution is 0.627. The quantitative estimate of drug-likeness (QED) is 0.0874. The zero-order chi connectivity index (χ0) is 85.0. The van der Waals surface area contributed by atoms with E-state index in [4.69, 9.17) is 22.9 Å². The van der Waals surface area contributed by atoms with E-state index in [2.05, 4.69) is 114 Å². The first-order valence-electron chi connectivity index (χ1n) is 38.5. The molecule has 10 aromatic heterocycles. The normalized spacial score (nSPS) is 10.8. The number of pyridine rings is 5. The fraction of sp³-hybridized carbons (Fsp3) is 0.0625. The molecule has 10 heterocycles. The second-order valence-corrected chi connectivity index (χ2v) is 28.0. The second-order valence-electron chi connectivity index (χ2n) is 28.0. The van der Waals surface area contributed by atoms with Crippen molar-refractivity contribution in [2.24, 2.45) is 0 Å². The van der Waals surface area contributed by atoms with Gasteiger partial charge >= 0.3 is 0 Å². The average molecular weight is 1640 g/mol. The van der Waals surface area contributed by atoms with Gasteiger partial charge in [0.25, 0.3) is 0 Å². The third-order valence-corrected chi connectivity index (χ3v) is 19.8. The second kappa shape index (κ2) is 37.0.